The summed E-state index contributed by atoms with van der Waals surface area (Å²) in [5, 5.41) is 28.2. The molecule has 3 atom stereocenters. The summed E-state index contributed by atoms with van der Waals surface area (Å²) in [5.41, 5.74) is 5.15. The molecule has 0 aliphatic heterocycles. The van der Waals surface area contributed by atoms with Crippen LogP contribution in [0.5, 0.6) is 0 Å². The molecule has 0 fully saturated rings. The van der Waals surface area contributed by atoms with Crippen LogP contribution in [0.1, 0.15) is 26.7 Å². The molecule has 0 aromatic rings. The van der Waals surface area contributed by atoms with Crippen molar-refractivity contribution in [1.29, 1.82) is 0 Å². The zero-order chi connectivity index (χ0) is 13.6. The van der Waals surface area contributed by atoms with E-state index in [0.717, 1.165) is 0 Å². The molecule has 0 aliphatic rings. The van der Waals surface area contributed by atoms with Crippen molar-refractivity contribution in [2.24, 2.45) is 17.6 Å². The SMILES string of the molecule is CCC(CC(C)C(=O)NC(O)C(O)O)C(N)=O. The van der Waals surface area contributed by atoms with E-state index < -0.39 is 36.2 Å². The molecular formula is C10H20N2O5. The Morgan fingerprint density at radius 1 is 1.29 bits per heavy atom. The highest BCUT2D eigenvalue weighted by Gasteiger charge is 2.24. The van der Waals surface area contributed by atoms with Crippen LogP contribution in [0.15, 0.2) is 0 Å². The van der Waals surface area contributed by atoms with E-state index in [1.165, 1.54) is 0 Å². The van der Waals surface area contributed by atoms with Gasteiger partial charge in [0.15, 0.2) is 12.5 Å². The fourth-order valence-corrected chi connectivity index (χ4v) is 1.38. The summed E-state index contributed by atoms with van der Waals surface area (Å²) in [6.07, 6.45) is -2.99. The number of aliphatic hydroxyl groups is 3. The van der Waals surface area contributed by atoms with E-state index in [2.05, 4.69) is 0 Å². The number of nitrogens with two attached hydrogens (primary N) is 1. The van der Waals surface area contributed by atoms with E-state index in [-0.39, 0.29) is 6.42 Å². The normalized spacial score (nSPS) is 16.4. The largest absolute Gasteiger partial charge is 0.369 e. The Morgan fingerprint density at radius 2 is 1.82 bits per heavy atom. The lowest BCUT2D eigenvalue weighted by molar-refractivity contribution is -0.151. The van der Waals surface area contributed by atoms with E-state index in [1.54, 1.807) is 13.8 Å². The van der Waals surface area contributed by atoms with Crippen molar-refractivity contribution < 1.29 is 24.9 Å². The third-order valence-corrected chi connectivity index (χ3v) is 2.55. The van der Waals surface area contributed by atoms with Crippen LogP contribution in [0.25, 0.3) is 0 Å². The third kappa shape index (κ3) is 5.62. The summed E-state index contributed by atoms with van der Waals surface area (Å²) < 4.78 is 0. The van der Waals surface area contributed by atoms with Crippen LogP contribution in [-0.4, -0.2) is 39.7 Å². The third-order valence-electron chi connectivity index (χ3n) is 2.55. The number of carbonyl (C=O) groups excluding carboxylic acids is 2. The smallest absolute Gasteiger partial charge is 0.224 e. The predicted molar refractivity (Wildman–Crippen MR) is 59.1 cm³/mol. The molecule has 0 aromatic carbocycles. The number of aliphatic hydroxyl groups excluding tert-OH is 2. The number of hydrogen-bond donors (Lipinski definition) is 5. The molecule has 0 aliphatic carbocycles. The molecule has 17 heavy (non-hydrogen) atoms. The van der Waals surface area contributed by atoms with Crippen molar-refractivity contribution in [3.63, 3.8) is 0 Å². The van der Waals surface area contributed by atoms with Crippen LogP contribution in [0.4, 0.5) is 0 Å². The molecule has 7 heteroatoms. The fourth-order valence-electron chi connectivity index (χ4n) is 1.38. The Labute approximate surface area is 99.6 Å². The summed E-state index contributed by atoms with van der Waals surface area (Å²) in [6, 6.07) is 0. The molecule has 3 unspecified atom stereocenters. The van der Waals surface area contributed by atoms with Gasteiger partial charge in [-0.3, -0.25) is 9.59 Å². The Hall–Kier alpha value is -1.18. The number of carbonyl (C=O) groups is 2. The molecule has 0 rings (SSSR count). The maximum Gasteiger partial charge on any atom is 0.224 e. The van der Waals surface area contributed by atoms with Gasteiger partial charge in [-0.05, 0) is 12.8 Å². The second-order valence-corrected chi connectivity index (χ2v) is 4.01. The van der Waals surface area contributed by atoms with Crippen molar-refractivity contribution in [3.8, 4) is 0 Å². The van der Waals surface area contributed by atoms with Gasteiger partial charge in [0.05, 0.1) is 0 Å². The van der Waals surface area contributed by atoms with Gasteiger partial charge in [0.25, 0.3) is 0 Å². The highest BCUT2D eigenvalue weighted by Crippen LogP contribution is 2.15. The second kappa shape index (κ2) is 7.21. The molecule has 0 bridgehead atoms. The van der Waals surface area contributed by atoms with E-state index in [0.29, 0.717) is 6.42 Å². The number of amides is 2. The topological polar surface area (TPSA) is 133 Å². The number of hydrogen-bond acceptors (Lipinski definition) is 5. The van der Waals surface area contributed by atoms with Crippen LogP contribution < -0.4 is 11.1 Å². The zero-order valence-corrected chi connectivity index (χ0v) is 9.96. The molecule has 6 N–H and O–H groups in total. The van der Waals surface area contributed by atoms with Gasteiger partial charge in [-0.1, -0.05) is 13.8 Å². The molecule has 0 aromatic heterocycles. The highest BCUT2D eigenvalue weighted by molar-refractivity contribution is 5.81. The van der Waals surface area contributed by atoms with Gasteiger partial charge >= 0.3 is 0 Å². The Balaban J connectivity index is 4.26. The predicted octanol–water partition coefficient (Wildman–Crippen LogP) is -1.73. The molecular weight excluding hydrogens is 228 g/mol. The minimum atomic E-state index is -2.04. The van der Waals surface area contributed by atoms with Crippen LogP contribution in [0.3, 0.4) is 0 Å². The molecule has 7 nitrogen and oxygen atoms in total. The van der Waals surface area contributed by atoms with Crippen LogP contribution >= 0.6 is 0 Å². The first-order valence-corrected chi connectivity index (χ1v) is 5.43. The van der Waals surface area contributed by atoms with Crippen LogP contribution in [0, 0.1) is 11.8 Å². The first kappa shape index (κ1) is 15.8. The van der Waals surface area contributed by atoms with E-state index in [1.807, 2.05) is 5.32 Å². The first-order chi connectivity index (χ1) is 7.79. The number of primary amides is 1. The van der Waals surface area contributed by atoms with Gasteiger partial charge in [0.1, 0.15) is 0 Å². The summed E-state index contributed by atoms with van der Waals surface area (Å²) in [4.78, 5) is 22.5. The van der Waals surface area contributed by atoms with Crippen LogP contribution in [0.2, 0.25) is 0 Å². The van der Waals surface area contributed by atoms with Gasteiger partial charge in [0.2, 0.25) is 11.8 Å². The van der Waals surface area contributed by atoms with Crippen molar-refractivity contribution in [1.82, 2.24) is 5.32 Å². The van der Waals surface area contributed by atoms with Gasteiger partial charge in [0, 0.05) is 11.8 Å². The molecule has 100 valence electrons. The molecule has 0 saturated heterocycles. The van der Waals surface area contributed by atoms with Gasteiger partial charge in [-0.2, -0.15) is 0 Å². The standard InChI is InChI=1S/C10H20N2O5/c1-3-6(7(11)13)4-5(2)8(14)12-9(15)10(16)17/h5-6,9-10,15-17H,3-4H2,1-2H3,(H2,11,13)(H,12,14). The molecule has 0 saturated carbocycles. The van der Waals surface area contributed by atoms with E-state index in [9.17, 15) is 9.59 Å². The van der Waals surface area contributed by atoms with Crippen LogP contribution in [-0.2, 0) is 9.59 Å². The number of rotatable bonds is 7. The van der Waals surface area contributed by atoms with Gasteiger partial charge < -0.3 is 26.4 Å². The highest BCUT2D eigenvalue weighted by atomic mass is 16.5. The van der Waals surface area contributed by atoms with Crippen molar-refractivity contribution >= 4 is 11.8 Å². The lowest BCUT2D eigenvalue weighted by Crippen LogP contribution is -2.45. The molecule has 0 heterocycles. The maximum atomic E-state index is 11.5. The number of nitrogens with one attached hydrogen (secondary N) is 1. The maximum absolute atomic E-state index is 11.5. The fraction of sp³-hybridized carbons (Fsp3) is 0.800. The van der Waals surface area contributed by atoms with Crippen molar-refractivity contribution in [2.45, 2.75) is 39.2 Å². The molecule has 2 amide bonds. The quantitative estimate of drug-likeness (QED) is 0.341. The van der Waals surface area contributed by atoms with Gasteiger partial charge in [-0.25, -0.2) is 0 Å². The summed E-state index contributed by atoms with van der Waals surface area (Å²) >= 11 is 0. The lowest BCUT2D eigenvalue weighted by Gasteiger charge is -2.20. The average molecular weight is 248 g/mol. The Kier molecular flexibility index (Phi) is 6.71. The Bertz CT molecular complexity index is 269. The summed E-state index contributed by atoms with van der Waals surface area (Å²) in [7, 11) is 0. The first-order valence-electron chi connectivity index (χ1n) is 5.43. The Morgan fingerprint density at radius 3 is 2.18 bits per heavy atom. The summed E-state index contributed by atoms with van der Waals surface area (Å²) in [5.74, 6) is -2.01. The second-order valence-electron chi connectivity index (χ2n) is 4.01. The average Bonchev–Trinajstić information content (AvgIpc) is 2.24. The zero-order valence-electron chi connectivity index (χ0n) is 9.96. The van der Waals surface area contributed by atoms with E-state index in [4.69, 9.17) is 21.1 Å². The van der Waals surface area contributed by atoms with E-state index >= 15 is 0 Å². The van der Waals surface area contributed by atoms with Crippen molar-refractivity contribution in [2.75, 3.05) is 0 Å². The minimum Gasteiger partial charge on any atom is -0.369 e. The van der Waals surface area contributed by atoms with Crippen molar-refractivity contribution in [3.05, 3.63) is 0 Å². The molecule has 0 radical (unpaired) electrons. The van der Waals surface area contributed by atoms with Gasteiger partial charge in [-0.15, -0.1) is 0 Å². The molecule has 0 spiro atoms. The lowest BCUT2D eigenvalue weighted by atomic mass is 9.92. The summed E-state index contributed by atoms with van der Waals surface area (Å²) in [6.45, 7) is 3.35. The monoisotopic (exact) mass is 248 g/mol. The minimum absolute atomic E-state index is 0.256.